The first-order valence-electron chi connectivity index (χ1n) is 8.16. The highest BCUT2D eigenvalue weighted by Crippen LogP contribution is 2.35. The molecule has 132 valence electrons. The second-order valence-corrected chi connectivity index (χ2v) is 5.94. The first kappa shape index (κ1) is 17.2. The van der Waals surface area contributed by atoms with E-state index in [4.69, 9.17) is 9.47 Å². The maximum absolute atomic E-state index is 13.7. The molecule has 25 heavy (non-hydrogen) atoms. The van der Waals surface area contributed by atoms with Crippen LogP contribution in [0.5, 0.6) is 11.5 Å². The predicted molar refractivity (Wildman–Crippen MR) is 88.9 cm³/mol. The number of rotatable bonds is 5. The van der Waals surface area contributed by atoms with Gasteiger partial charge in [-0.25, -0.2) is 8.78 Å². The van der Waals surface area contributed by atoms with Crippen molar-refractivity contribution < 1.29 is 23.0 Å². The Morgan fingerprint density at radius 3 is 2.88 bits per heavy atom. The summed E-state index contributed by atoms with van der Waals surface area (Å²) < 4.78 is 38.3. The molecule has 1 aliphatic heterocycles. The molecule has 0 unspecified atom stereocenters. The second kappa shape index (κ2) is 7.09. The van der Waals surface area contributed by atoms with E-state index >= 15 is 0 Å². The molecule has 2 aromatic carbocycles. The Balaban J connectivity index is 1.79. The molecule has 0 saturated heterocycles. The number of carbonyl (C=O) groups excluding carboxylic acids is 1. The van der Waals surface area contributed by atoms with Crippen LogP contribution in [0.15, 0.2) is 30.3 Å². The Kier molecular flexibility index (Phi) is 4.88. The first-order valence-corrected chi connectivity index (χ1v) is 8.16. The highest BCUT2D eigenvalue weighted by molar-refractivity contribution is 5.94. The van der Waals surface area contributed by atoms with Gasteiger partial charge in [0, 0.05) is 24.1 Å². The molecule has 0 aromatic heterocycles. The maximum atomic E-state index is 13.7. The lowest BCUT2D eigenvalue weighted by Crippen LogP contribution is -2.24. The van der Waals surface area contributed by atoms with Gasteiger partial charge in [-0.15, -0.1) is 0 Å². The van der Waals surface area contributed by atoms with Crippen molar-refractivity contribution in [2.75, 3.05) is 6.61 Å². The van der Waals surface area contributed by atoms with Crippen LogP contribution in [0.3, 0.4) is 0 Å². The van der Waals surface area contributed by atoms with Crippen LogP contribution in [-0.4, -0.2) is 18.6 Å². The van der Waals surface area contributed by atoms with Crippen LogP contribution >= 0.6 is 0 Å². The predicted octanol–water partition coefficient (Wildman–Crippen LogP) is 3.62. The zero-order valence-corrected chi connectivity index (χ0v) is 14.1. The number of carbonyl (C=O) groups is 1. The number of halogens is 2. The van der Waals surface area contributed by atoms with Gasteiger partial charge in [-0.1, -0.05) is 0 Å². The van der Waals surface area contributed by atoms with Crippen LogP contribution in [0.4, 0.5) is 8.78 Å². The number of benzene rings is 2. The summed E-state index contributed by atoms with van der Waals surface area (Å²) in [6.07, 6.45) is 0.895. The lowest BCUT2D eigenvalue weighted by atomic mass is 10.1. The Morgan fingerprint density at radius 1 is 1.32 bits per heavy atom. The van der Waals surface area contributed by atoms with E-state index in [9.17, 15) is 13.6 Å². The lowest BCUT2D eigenvalue weighted by Gasteiger charge is -2.13. The molecule has 0 radical (unpaired) electrons. The van der Waals surface area contributed by atoms with Gasteiger partial charge in [0.25, 0.3) is 5.91 Å². The highest BCUT2D eigenvalue weighted by Gasteiger charge is 2.22. The van der Waals surface area contributed by atoms with E-state index in [0.29, 0.717) is 12.4 Å². The first-order chi connectivity index (χ1) is 12.0. The minimum atomic E-state index is -0.768. The Bertz CT molecular complexity index is 807. The molecule has 1 heterocycles. The summed E-state index contributed by atoms with van der Waals surface area (Å²) in [4.78, 5) is 12.2. The van der Waals surface area contributed by atoms with Gasteiger partial charge in [-0.3, -0.25) is 4.79 Å². The molecule has 1 N–H and O–H groups in total. The van der Waals surface area contributed by atoms with Crippen LogP contribution in [-0.2, 0) is 13.0 Å². The number of amides is 1. The summed E-state index contributed by atoms with van der Waals surface area (Å²) in [6.45, 7) is 4.45. The minimum Gasteiger partial charge on any atom is -0.494 e. The molecule has 6 heteroatoms. The molecule has 0 bridgehead atoms. The Hall–Kier alpha value is -2.63. The summed E-state index contributed by atoms with van der Waals surface area (Å²) in [6, 6.07) is 6.51. The van der Waals surface area contributed by atoms with E-state index in [1.54, 1.807) is 0 Å². The van der Waals surface area contributed by atoms with E-state index in [1.807, 2.05) is 26.0 Å². The largest absolute Gasteiger partial charge is 0.494 e. The smallest absolute Gasteiger partial charge is 0.254 e. The van der Waals surface area contributed by atoms with Gasteiger partial charge < -0.3 is 14.8 Å². The molecule has 2 aromatic rings. The molecular formula is C19H19F2NO3. The van der Waals surface area contributed by atoms with Crippen LogP contribution in [0.25, 0.3) is 0 Å². The average Bonchev–Trinajstić information content (AvgIpc) is 2.93. The van der Waals surface area contributed by atoms with Gasteiger partial charge in [-0.05, 0) is 44.2 Å². The van der Waals surface area contributed by atoms with Gasteiger partial charge in [0.1, 0.15) is 29.2 Å². The summed E-state index contributed by atoms with van der Waals surface area (Å²) >= 11 is 0. The summed E-state index contributed by atoms with van der Waals surface area (Å²) in [7, 11) is 0. The number of nitrogens with one attached hydrogen (secondary N) is 1. The molecule has 1 atom stereocenters. The van der Waals surface area contributed by atoms with Crippen molar-refractivity contribution in [3.05, 3.63) is 58.7 Å². The van der Waals surface area contributed by atoms with Gasteiger partial charge in [0.05, 0.1) is 12.2 Å². The van der Waals surface area contributed by atoms with E-state index in [-0.39, 0.29) is 18.2 Å². The number of fused-ring (bicyclic) bond motifs is 1. The standard InChI is InChI=1S/C19H19F2NO3/c1-3-24-17-7-12-6-11(2)25-18(12)8-13(17)10-22-19(23)15-9-14(20)4-5-16(15)21/h4-5,7-9,11H,3,6,10H2,1-2H3,(H,22,23)/t11-/m1/s1. The quantitative estimate of drug-likeness (QED) is 0.899. The fourth-order valence-electron chi connectivity index (χ4n) is 2.85. The number of hydrogen-bond acceptors (Lipinski definition) is 3. The average molecular weight is 347 g/mol. The lowest BCUT2D eigenvalue weighted by molar-refractivity contribution is 0.0946. The fraction of sp³-hybridized carbons (Fsp3) is 0.316. The van der Waals surface area contributed by atoms with Gasteiger partial charge >= 0.3 is 0 Å². The summed E-state index contributed by atoms with van der Waals surface area (Å²) in [5.41, 5.74) is 1.45. The highest BCUT2D eigenvalue weighted by atomic mass is 19.1. The zero-order valence-electron chi connectivity index (χ0n) is 14.1. The molecule has 0 spiro atoms. The number of hydrogen-bond donors (Lipinski definition) is 1. The van der Waals surface area contributed by atoms with E-state index in [1.165, 1.54) is 0 Å². The van der Waals surface area contributed by atoms with Gasteiger partial charge in [-0.2, -0.15) is 0 Å². The van der Waals surface area contributed by atoms with Crippen molar-refractivity contribution in [1.82, 2.24) is 5.32 Å². The van der Waals surface area contributed by atoms with Crippen LogP contribution in [0.1, 0.15) is 35.3 Å². The number of ether oxygens (including phenoxy) is 2. The van der Waals surface area contributed by atoms with Crippen molar-refractivity contribution in [2.45, 2.75) is 32.9 Å². The molecule has 3 rings (SSSR count). The Labute approximate surface area is 144 Å². The fourth-order valence-corrected chi connectivity index (χ4v) is 2.85. The second-order valence-electron chi connectivity index (χ2n) is 5.94. The molecule has 0 fully saturated rings. The van der Waals surface area contributed by atoms with E-state index in [0.717, 1.165) is 41.5 Å². The van der Waals surface area contributed by atoms with Crippen LogP contribution in [0.2, 0.25) is 0 Å². The van der Waals surface area contributed by atoms with Gasteiger partial charge in [0.15, 0.2) is 0 Å². The normalized spacial score (nSPS) is 15.4. The SMILES string of the molecule is CCOc1cc2c(cc1CNC(=O)c1cc(F)ccc1F)O[C@H](C)C2. The molecule has 0 saturated carbocycles. The van der Waals surface area contributed by atoms with Crippen LogP contribution in [0, 0.1) is 11.6 Å². The molecule has 4 nitrogen and oxygen atoms in total. The summed E-state index contributed by atoms with van der Waals surface area (Å²) in [5.74, 6) is -0.707. The minimum absolute atomic E-state index is 0.0932. The molecule has 1 aliphatic rings. The summed E-state index contributed by atoms with van der Waals surface area (Å²) in [5, 5.41) is 2.60. The third kappa shape index (κ3) is 3.73. The van der Waals surface area contributed by atoms with Crippen LogP contribution < -0.4 is 14.8 Å². The van der Waals surface area contributed by atoms with Gasteiger partial charge in [0.2, 0.25) is 0 Å². The van der Waals surface area contributed by atoms with Crippen molar-refractivity contribution in [3.63, 3.8) is 0 Å². The topological polar surface area (TPSA) is 47.6 Å². The van der Waals surface area contributed by atoms with Crippen molar-refractivity contribution in [1.29, 1.82) is 0 Å². The van der Waals surface area contributed by atoms with E-state index < -0.39 is 17.5 Å². The van der Waals surface area contributed by atoms with E-state index in [2.05, 4.69) is 5.32 Å². The third-order valence-corrected chi connectivity index (χ3v) is 3.99. The monoisotopic (exact) mass is 347 g/mol. The van der Waals surface area contributed by atoms with Crippen molar-refractivity contribution in [2.24, 2.45) is 0 Å². The maximum Gasteiger partial charge on any atom is 0.254 e. The molecule has 0 aliphatic carbocycles. The Morgan fingerprint density at radius 2 is 2.12 bits per heavy atom. The zero-order chi connectivity index (χ0) is 18.0. The van der Waals surface area contributed by atoms with Crippen molar-refractivity contribution in [3.8, 4) is 11.5 Å². The third-order valence-electron chi connectivity index (χ3n) is 3.99. The molecular weight excluding hydrogens is 328 g/mol. The molecule has 1 amide bonds. The van der Waals surface area contributed by atoms with Crippen molar-refractivity contribution >= 4 is 5.91 Å².